The van der Waals surface area contributed by atoms with E-state index in [0.29, 0.717) is 44.5 Å². The highest BCUT2D eigenvalue weighted by Crippen LogP contribution is 2.34. The van der Waals surface area contributed by atoms with Crippen molar-refractivity contribution in [1.29, 1.82) is 0 Å². The second kappa shape index (κ2) is 16.8. The summed E-state index contributed by atoms with van der Waals surface area (Å²) >= 11 is 0. The van der Waals surface area contributed by atoms with Crippen molar-refractivity contribution in [2.75, 3.05) is 46.9 Å². The number of carbonyl (C=O) groups is 3. The third-order valence-corrected chi connectivity index (χ3v) is 7.94. The Morgan fingerprint density at radius 2 is 1.84 bits per heavy atom. The number of carbonyl (C=O) groups excluding carboxylic acids is 3. The molecule has 2 aliphatic carbocycles. The van der Waals surface area contributed by atoms with Crippen LogP contribution in [0, 0.1) is 17.8 Å². The Balaban J connectivity index is 1.39. The van der Waals surface area contributed by atoms with Crippen LogP contribution in [0.1, 0.15) is 75.7 Å². The normalized spacial score (nSPS) is 24.2. The first-order valence-electron chi connectivity index (χ1n) is 15.5. The van der Waals surface area contributed by atoms with Gasteiger partial charge in [0.25, 0.3) is 5.91 Å². The van der Waals surface area contributed by atoms with E-state index in [-0.39, 0.29) is 35.8 Å². The second-order valence-corrected chi connectivity index (χ2v) is 11.5. The van der Waals surface area contributed by atoms with Crippen LogP contribution in [0.25, 0.3) is 0 Å². The minimum atomic E-state index is -0.895. The summed E-state index contributed by atoms with van der Waals surface area (Å²) in [5.74, 6) is -0.144. The fourth-order valence-corrected chi connectivity index (χ4v) is 5.09. The largest absolute Gasteiger partial charge is 0.493 e. The Morgan fingerprint density at radius 3 is 2.56 bits per heavy atom. The predicted molar refractivity (Wildman–Crippen MR) is 154 cm³/mol. The fraction of sp³-hybridized carbons (Fsp3) is 0.742. The highest BCUT2D eigenvalue weighted by atomic mass is 16.7. The van der Waals surface area contributed by atoms with Crippen molar-refractivity contribution in [2.24, 2.45) is 17.8 Å². The number of rotatable bonds is 17. The van der Waals surface area contributed by atoms with Gasteiger partial charge in [0.05, 0.1) is 13.2 Å². The summed E-state index contributed by atoms with van der Waals surface area (Å²) in [6.45, 7) is 5.40. The second-order valence-electron chi connectivity index (χ2n) is 11.5. The number of aromatic nitrogens is 1. The standard InChI is InChI=1S/C31H46N2O10/c1-4-38-18-26(34)41-19-42-29-25(37-3)12-14-32-27(29)30(35)33-24-7-5-6-23(13-15-39-16-21-8-9-21)28(20(2)43-31(24)36)40-17-22-10-11-22/h12,14,20-24,28H,4-11,13,15-19H2,1-3H3,(H,33,35). The molecule has 3 aliphatic rings. The number of pyridine rings is 1. The van der Waals surface area contributed by atoms with Gasteiger partial charge in [-0.05, 0) is 76.5 Å². The van der Waals surface area contributed by atoms with E-state index in [0.717, 1.165) is 19.4 Å². The molecular weight excluding hydrogens is 560 g/mol. The third kappa shape index (κ3) is 10.6. The fourth-order valence-electron chi connectivity index (χ4n) is 5.09. The van der Waals surface area contributed by atoms with Gasteiger partial charge in [-0.15, -0.1) is 0 Å². The van der Waals surface area contributed by atoms with Crippen molar-refractivity contribution in [3.63, 3.8) is 0 Å². The molecule has 4 atom stereocenters. The van der Waals surface area contributed by atoms with E-state index in [1.165, 1.54) is 45.1 Å². The van der Waals surface area contributed by atoms with E-state index in [2.05, 4.69) is 10.3 Å². The van der Waals surface area contributed by atoms with Gasteiger partial charge in [-0.3, -0.25) is 4.79 Å². The molecule has 1 aromatic rings. The van der Waals surface area contributed by atoms with Crippen LogP contribution in [0.3, 0.4) is 0 Å². The molecule has 0 radical (unpaired) electrons. The molecule has 0 spiro atoms. The number of amides is 1. The molecule has 2 saturated carbocycles. The Labute approximate surface area is 253 Å². The van der Waals surface area contributed by atoms with Crippen LogP contribution >= 0.6 is 0 Å². The molecule has 2 heterocycles. The van der Waals surface area contributed by atoms with Crippen molar-refractivity contribution >= 4 is 17.8 Å². The highest BCUT2D eigenvalue weighted by Gasteiger charge is 2.37. The monoisotopic (exact) mass is 606 g/mol. The molecule has 1 saturated heterocycles. The van der Waals surface area contributed by atoms with Gasteiger partial charge in [-0.1, -0.05) is 6.42 Å². The van der Waals surface area contributed by atoms with Crippen molar-refractivity contribution in [3.8, 4) is 11.5 Å². The maximum absolute atomic E-state index is 13.4. The van der Waals surface area contributed by atoms with E-state index in [9.17, 15) is 14.4 Å². The lowest BCUT2D eigenvalue weighted by molar-refractivity contribution is -0.161. The van der Waals surface area contributed by atoms with Gasteiger partial charge in [-0.25, -0.2) is 14.6 Å². The number of nitrogens with one attached hydrogen (secondary N) is 1. The summed E-state index contributed by atoms with van der Waals surface area (Å²) in [5, 5.41) is 2.78. The van der Waals surface area contributed by atoms with Gasteiger partial charge in [0.1, 0.15) is 18.8 Å². The lowest BCUT2D eigenvalue weighted by atomic mass is 9.89. The molecule has 0 aromatic carbocycles. The van der Waals surface area contributed by atoms with Gasteiger partial charge < -0.3 is 38.5 Å². The van der Waals surface area contributed by atoms with Crippen molar-refractivity contribution in [3.05, 3.63) is 18.0 Å². The zero-order chi connectivity index (χ0) is 30.6. The van der Waals surface area contributed by atoms with E-state index in [1.54, 1.807) is 6.92 Å². The first-order chi connectivity index (χ1) is 20.9. The Hall–Kier alpha value is -2.96. The van der Waals surface area contributed by atoms with E-state index in [1.807, 2.05) is 6.92 Å². The van der Waals surface area contributed by atoms with E-state index >= 15 is 0 Å². The number of ether oxygens (including phenoxy) is 7. The molecule has 4 unspecified atom stereocenters. The van der Waals surface area contributed by atoms with Gasteiger partial charge in [0, 0.05) is 38.7 Å². The lowest BCUT2D eigenvalue weighted by Crippen LogP contribution is -2.44. The maximum Gasteiger partial charge on any atom is 0.334 e. The topological polar surface area (TPSA) is 141 Å². The quantitative estimate of drug-likeness (QED) is 0.158. The summed E-state index contributed by atoms with van der Waals surface area (Å²) in [7, 11) is 1.41. The smallest absolute Gasteiger partial charge is 0.334 e. The van der Waals surface area contributed by atoms with Crippen LogP contribution in [-0.4, -0.2) is 88.0 Å². The molecule has 1 aromatic heterocycles. The molecule has 240 valence electrons. The predicted octanol–water partition coefficient (Wildman–Crippen LogP) is 3.45. The molecule has 4 rings (SSSR count). The average Bonchev–Trinajstić information content (AvgIpc) is 3.93. The molecule has 0 bridgehead atoms. The number of methoxy groups -OCH3 is 1. The average molecular weight is 607 g/mol. The third-order valence-electron chi connectivity index (χ3n) is 7.94. The van der Waals surface area contributed by atoms with Gasteiger partial charge >= 0.3 is 11.9 Å². The minimum absolute atomic E-state index is 0.0173. The molecule has 1 N–H and O–H groups in total. The number of hydrogen-bond donors (Lipinski definition) is 1. The number of cyclic esters (lactones) is 1. The zero-order valence-electron chi connectivity index (χ0n) is 25.5. The molecule has 1 aliphatic heterocycles. The highest BCUT2D eigenvalue weighted by molar-refractivity contribution is 5.98. The summed E-state index contributed by atoms with van der Waals surface area (Å²) in [6.07, 6.45) is 8.21. The van der Waals surface area contributed by atoms with Crippen LogP contribution in [-0.2, 0) is 33.3 Å². The van der Waals surface area contributed by atoms with Crippen molar-refractivity contribution < 1.29 is 47.5 Å². The number of nitrogens with zero attached hydrogens (tertiary/aromatic N) is 1. The van der Waals surface area contributed by atoms with Crippen LogP contribution < -0.4 is 14.8 Å². The Morgan fingerprint density at radius 1 is 1.07 bits per heavy atom. The first-order valence-corrected chi connectivity index (χ1v) is 15.5. The van der Waals surface area contributed by atoms with Gasteiger partial charge in [0.15, 0.2) is 17.2 Å². The number of hydrogen-bond acceptors (Lipinski definition) is 11. The van der Waals surface area contributed by atoms with Crippen LogP contribution in [0.4, 0.5) is 0 Å². The molecule has 43 heavy (non-hydrogen) atoms. The summed E-state index contributed by atoms with van der Waals surface area (Å²) in [6, 6.07) is 0.620. The van der Waals surface area contributed by atoms with E-state index < -0.39 is 36.8 Å². The molecule has 12 heteroatoms. The maximum atomic E-state index is 13.4. The molecular formula is C31H46N2O10. The number of esters is 2. The summed E-state index contributed by atoms with van der Waals surface area (Å²) in [4.78, 5) is 42.7. The molecule has 1 amide bonds. The Kier molecular flexibility index (Phi) is 12.8. The molecule has 3 fully saturated rings. The zero-order valence-corrected chi connectivity index (χ0v) is 25.5. The van der Waals surface area contributed by atoms with Crippen LogP contribution in [0.15, 0.2) is 12.3 Å². The summed E-state index contributed by atoms with van der Waals surface area (Å²) in [5.41, 5.74) is -0.114. The Bertz CT molecular complexity index is 1060. The van der Waals surface area contributed by atoms with Crippen molar-refractivity contribution in [1.82, 2.24) is 10.3 Å². The SMILES string of the molecule is CCOCC(=O)OCOc1c(OC)ccnc1C(=O)NC1CCCC(CCOCC2CC2)C(OCC2CC2)C(C)OC1=O. The van der Waals surface area contributed by atoms with Crippen molar-refractivity contribution in [2.45, 2.75) is 83.5 Å². The van der Waals surface area contributed by atoms with Gasteiger partial charge in [0.2, 0.25) is 6.79 Å². The summed E-state index contributed by atoms with van der Waals surface area (Å²) < 4.78 is 39.2. The van der Waals surface area contributed by atoms with E-state index in [4.69, 9.17) is 33.2 Å². The molecule has 12 nitrogen and oxygen atoms in total. The minimum Gasteiger partial charge on any atom is -0.493 e. The first kappa shape index (κ1) is 32.9. The lowest BCUT2D eigenvalue weighted by Gasteiger charge is -2.31. The van der Waals surface area contributed by atoms with Gasteiger partial charge in [-0.2, -0.15) is 0 Å². The van der Waals surface area contributed by atoms with Crippen LogP contribution in [0.2, 0.25) is 0 Å². The van der Waals surface area contributed by atoms with Crippen LogP contribution in [0.5, 0.6) is 11.5 Å².